The van der Waals surface area contributed by atoms with E-state index in [1.807, 2.05) is 0 Å². The summed E-state index contributed by atoms with van der Waals surface area (Å²) in [5.41, 5.74) is 6.36. The van der Waals surface area contributed by atoms with Gasteiger partial charge in [0, 0.05) is 18.3 Å². The van der Waals surface area contributed by atoms with Gasteiger partial charge in [-0.1, -0.05) is 30.9 Å². The van der Waals surface area contributed by atoms with Crippen LogP contribution in [-0.4, -0.2) is 17.5 Å². The summed E-state index contributed by atoms with van der Waals surface area (Å²) in [7, 11) is 0. The Bertz CT molecular complexity index is 484. The van der Waals surface area contributed by atoms with Gasteiger partial charge in [-0.25, -0.2) is 0 Å². The molecule has 0 radical (unpaired) electrons. The summed E-state index contributed by atoms with van der Waals surface area (Å²) in [5, 5.41) is 0. The number of benzene rings is 1. The highest BCUT2D eigenvalue weighted by atomic mass is 15.2. The zero-order valence-corrected chi connectivity index (χ0v) is 11.8. The Hall–Kier alpha value is -1.50. The molecule has 0 unspecified atom stereocenters. The average molecular weight is 241 g/mol. The molecule has 1 aliphatic heterocycles. The minimum Gasteiger partial charge on any atom is -0.365 e. The van der Waals surface area contributed by atoms with Crippen LogP contribution in [0, 0.1) is 13.8 Å². The van der Waals surface area contributed by atoms with Crippen LogP contribution in [0.15, 0.2) is 36.9 Å². The molecule has 1 atom stereocenters. The first-order chi connectivity index (χ1) is 8.50. The number of aryl methyl sites for hydroxylation is 2. The molecule has 0 amide bonds. The molecule has 0 N–H and O–H groups in total. The van der Waals surface area contributed by atoms with Crippen molar-refractivity contribution in [2.24, 2.45) is 0 Å². The summed E-state index contributed by atoms with van der Waals surface area (Å²) in [4.78, 5) is 2.38. The molecule has 0 aliphatic carbocycles. The van der Waals surface area contributed by atoms with Crippen molar-refractivity contribution in [3.63, 3.8) is 0 Å². The molecule has 0 bridgehead atoms. The fraction of sp³-hybridized carbons (Fsp3) is 0.412. The molecule has 0 spiro atoms. The van der Waals surface area contributed by atoms with Gasteiger partial charge in [-0.2, -0.15) is 0 Å². The van der Waals surface area contributed by atoms with Gasteiger partial charge in [0.05, 0.1) is 0 Å². The Kier molecular flexibility index (Phi) is 3.60. The van der Waals surface area contributed by atoms with E-state index in [0.29, 0.717) is 6.04 Å². The van der Waals surface area contributed by atoms with Gasteiger partial charge in [-0.15, -0.1) is 0 Å². The maximum absolute atomic E-state index is 4.29. The van der Waals surface area contributed by atoms with Crippen LogP contribution in [0.4, 0.5) is 0 Å². The number of hydrogen-bond donors (Lipinski definition) is 0. The molecule has 2 rings (SSSR count). The summed E-state index contributed by atoms with van der Waals surface area (Å²) < 4.78 is 0. The second-order valence-electron chi connectivity index (χ2n) is 5.38. The lowest BCUT2D eigenvalue weighted by Crippen LogP contribution is -2.37. The molecule has 1 saturated heterocycles. The zero-order chi connectivity index (χ0) is 13.3. The highest BCUT2D eigenvalue weighted by molar-refractivity contribution is 5.64. The molecule has 96 valence electrons. The highest BCUT2D eigenvalue weighted by Crippen LogP contribution is 2.29. The molecule has 1 nitrogen and oxygen atoms in total. The van der Waals surface area contributed by atoms with E-state index >= 15 is 0 Å². The molecule has 1 aliphatic rings. The topological polar surface area (TPSA) is 3.24 Å². The van der Waals surface area contributed by atoms with Crippen molar-refractivity contribution in [3.8, 4) is 0 Å². The molecular weight excluding hydrogens is 218 g/mol. The van der Waals surface area contributed by atoms with Crippen LogP contribution >= 0.6 is 0 Å². The van der Waals surface area contributed by atoms with Gasteiger partial charge in [0.25, 0.3) is 0 Å². The third-order valence-corrected chi connectivity index (χ3v) is 4.14. The van der Waals surface area contributed by atoms with E-state index in [1.54, 1.807) is 0 Å². The van der Waals surface area contributed by atoms with Gasteiger partial charge in [0.2, 0.25) is 0 Å². The zero-order valence-electron chi connectivity index (χ0n) is 11.8. The standard InChI is InChI=1S/C17H23N/c1-12-8-9-17(11-14(12)3)16(5)18-10-6-7-13(2)15(18)4/h8-9,11,15H,2,5-7,10H2,1,3-4H3/t15-/m1/s1. The summed E-state index contributed by atoms with van der Waals surface area (Å²) in [6.45, 7) is 16.1. The van der Waals surface area contributed by atoms with Gasteiger partial charge in [-0.3, -0.25) is 0 Å². The minimum atomic E-state index is 0.410. The van der Waals surface area contributed by atoms with Crippen LogP contribution in [0.3, 0.4) is 0 Å². The van der Waals surface area contributed by atoms with Crippen molar-refractivity contribution in [2.75, 3.05) is 6.54 Å². The van der Waals surface area contributed by atoms with E-state index in [-0.39, 0.29) is 0 Å². The van der Waals surface area contributed by atoms with Gasteiger partial charge in [0.1, 0.15) is 0 Å². The smallest absolute Gasteiger partial charge is 0.0471 e. The van der Waals surface area contributed by atoms with E-state index in [9.17, 15) is 0 Å². The van der Waals surface area contributed by atoms with Gasteiger partial charge < -0.3 is 4.90 Å². The minimum absolute atomic E-state index is 0.410. The van der Waals surface area contributed by atoms with Crippen molar-refractivity contribution >= 4 is 5.70 Å². The van der Waals surface area contributed by atoms with Crippen molar-refractivity contribution in [3.05, 3.63) is 53.6 Å². The first-order valence-corrected chi connectivity index (χ1v) is 6.71. The Morgan fingerprint density at radius 3 is 2.67 bits per heavy atom. The van der Waals surface area contributed by atoms with Gasteiger partial charge >= 0.3 is 0 Å². The van der Waals surface area contributed by atoms with Crippen LogP contribution in [0.1, 0.15) is 36.5 Å². The van der Waals surface area contributed by atoms with Gasteiger partial charge in [-0.05, 0) is 56.4 Å². The lowest BCUT2D eigenvalue weighted by atomic mass is 9.96. The predicted molar refractivity (Wildman–Crippen MR) is 79.5 cm³/mol. The molecule has 18 heavy (non-hydrogen) atoms. The lowest BCUT2D eigenvalue weighted by molar-refractivity contribution is 0.302. The lowest BCUT2D eigenvalue weighted by Gasteiger charge is -2.38. The molecule has 0 saturated carbocycles. The molecule has 1 heterocycles. The highest BCUT2D eigenvalue weighted by Gasteiger charge is 2.22. The van der Waals surface area contributed by atoms with E-state index in [4.69, 9.17) is 0 Å². The largest absolute Gasteiger partial charge is 0.365 e. The third kappa shape index (κ3) is 2.35. The van der Waals surface area contributed by atoms with Crippen LogP contribution in [0.2, 0.25) is 0 Å². The monoisotopic (exact) mass is 241 g/mol. The number of likely N-dealkylation sites (tertiary alicyclic amines) is 1. The fourth-order valence-electron chi connectivity index (χ4n) is 2.55. The molecule has 1 fully saturated rings. The van der Waals surface area contributed by atoms with Gasteiger partial charge in [0.15, 0.2) is 0 Å². The first kappa shape index (κ1) is 12.9. The molecule has 1 aromatic rings. The number of piperidine rings is 1. The second kappa shape index (κ2) is 5.01. The summed E-state index contributed by atoms with van der Waals surface area (Å²) in [5.74, 6) is 0. The molecular formula is C17H23N. The summed E-state index contributed by atoms with van der Waals surface area (Å²) in [6.07, 6.45) is 2.34. The van der Waals surface area contributed by atoms with Crippen molar-refractivity contribution < 1.29 is 0 Å². The van der Waals surface area contributed by atoms with Crippen LogP contribution in [0.5, 0.6) is 0 Å². The van der Waals surface area contributed by atoms with Crippen molar-refractivity contribution in [1.82, 2.24) is 4.90 Å². The molecule has 1 heteroatoms. The first-order valence-electron chi connectivity index (χ1n) is 6.71. The Balaban J connectivity index is 2.25. The number of hydrogen-bond acceptors (Lipinski definition) is 1. The van der Waals surface area contributed by atoms with Crippen LogP contribution in [-0.2, 0) is 0 Å². The maximum Gasteiger partial charge on any atom is 0.0471 e. The SMILES string of the molecule is C=C1CCCN(C(=C)c2ccc(C)c(C)c2)[C@@H]1C. The van der Waals surface area contributed by atoms with E-state index in [2.05, 4.69) is 57.0 Å². The molecule has 0 aromatic heterocycles. The van der Waals surface area contributed by atoms with E-state index in [1.165, 1.54) is 28.7 Å². The third-order valence-electron chi connectivity index (χ3n) is 4.14. The normalized spacial score (nSPS) is 20.1. The Morgan fingerprint density at radius 2 is 2.00 bits per heavy atom. The quantitative estimate of drug-likeness (QED) is 0.697. The maximum atomic E-state index is 4.29. The van der Waals surface area contributed by atoms with Crippen molar-refractivity contribution in [1.29, 1.82) is 0 Å². The number of rotatable bonds is 2. The van der Waals surface area contributed by atoms with E-state index in [0.717, 1.165) is 18.7 Å². The predicted octanol–water partition coefficient (Wildman–Crippen LogP) is 4.31. The van der Waals surface area contributed by atoms with E-state index < -0.39 is 0 Å². The van der Waals surface area contributed by atoms with Crippen LogP contribution < -0.4 is 0 Å². The van der Waals surface area contributed by atoms with Crippen LogP contribution in [0.25, 0.3) is 5.70 Å². The summed E-state index contributed by atoms with van der Waals surface area (Å²) >= 11 is 0. The Morgan fingerprint density at radius 1 is 1.28 bits per heavy atom. The second-order valence-corrected chi connectivity index (χ2v) is 5.38. The van der Waals surface area contributed by atoms with Crippen molar-refractivity contribution in [2.45, 2.75) is 39.7 Å². The summed E-state index contributed by atoms with van der Waals surface area (Å²) in [6, 6.07) is 7.00. The Labute approximate surface area is 111 Å². The molecule has 1 aromatic carbocycles. The number of nitrogens with zero attached hydrogens (tertiary/aromatic N) is 1. The fourth-order valence-corrected chi connectivity index (χ4v) is 2.55. The average Bonchev–Trinajstić information content (AvgIpc) is 2.35.